The molecule has 1 unspecified atom stereocenters. The van der Waals surface area contributed by atoms with E-state index in [2.05, 4.69) is 10.1 Å². The van der Waals surface area contributed by atoms with Gasteiger partial charge < -0.3 is 0 Å². The molecule has 0 spiro atoms. The third-order valence-electron chi connectivity index (χ3n) is 3.52. The van der Waals surface area contributed by atoms with Crippen LogP contribution in [-0.4, -0.2) is 31.6 Å². The van der Waals surface area contributed by atoms with E-state index in [1.807, 2.05) is 0 Å². The zero-order valence-electron chi connectivity index (χ0n) is 13.1. The molecule has 2 aromatic heterocycles. The van der Waals surface area contributed by atoms with Gasteiger partial charge in [-0.2, -0.15) is 18.3 Å². The highest BCUT2D eigenvalue weighted by molar-refractivity contribution is 7.97. The van der Waals surface area contributed by atoms with Crippen LogP contribution in [0.25, 0.3) is 5.65 Å². The first-order valence-electron chi connectivity index (χ1n) is 7.45. The Kier molecular flexibility index (Phi) is 4.96. The highest BCUT2D eigenvalue weighted by Gasteiger charge is 2.45. The number of alkyl halides is 3. The first kappa shape index (κ1) is 17.7. The molecule has 0 N–H and O–H groups in total. The minimum atomic E-state index is -4.52. The van der Waals surface area contributed by atoms with Crippen molar-refractivity contribution in [3.05, 3.63) is 60.2 Å². The summed E-state index contributed by atoms with van der Waals surface area (Å²) in [4.78, 5) is 4.10. The van der Waals surface area contributed by atoms with Crippen LogP contribution in [0.15, 0.2) is 53.8 Å². The largest absolute Gasteiger partial charge is 0.408 e. The molecule has 0 bridgehead atoms. The number of nitrogens with zero attached hydrogens (tertiary/aromatic N) is 4. The SMILES string of the molecule is CCN(Sc1cc2ncccn2n1)C(c1ccc(F)cc1)C(F)(F)F. The summed E-state index contributed by atoms with van der Waals surface area (Å²) in [7, 11) is 0. The second-order valence-corrected chi connectivity index (χ2v) is 6.30. The molecule has 0 saturated carbocycles. The molecule has 1 aromatic carbocycles. The first-order valence-corrected chi connectivity index (χ1v) is 8.23. The van der Waals surface area contributed by atoms with Gasteiger partial charge in [0.25, 0.3) is 0 Å². The average Bonchev–Trinajstić information content (AvgIpc) is 2.97. The Morgan fingerprint density at radius 2 is 1.96 bits per heavy atom. The molecular weight excluding hydrogens is 356 g/mol. The summed E-state index contributed by atoms with van der Waals surface area (Å²) in [5.74, 6) is -0.577. The molecule has 1 atom stereocenters. The van der Waals surface area contributed by atoms with E-state index in [-0.39, 0.29) is 12.1 Å². The van der Waals surface area contributed by atoms with Crippen molar-refractivity contribution >= 4 is 17.6 Å². The van der Waals surface area contributed by atoms with Crippen LogP contribution in [0.2, 0.25) is 0 Å². The van der Waals surface area contributed by atoms with E-state index in [1.165, 1.54) is 8.82 Å². The van der Waals surface area contributed by atoms with Crippen molar-refractivity contribution in [2.45, 2.75) is 24.2 Å². The number of rotatable bonds is 5. The van der Waals surface area contributed by atoms with Crippen molar-refractivity contribution in [1.82, 2.24) is 18.9 Å². The summed E-state index contributed by atoms with van der Waals surface area (Å²) in [5, 5.41) is 4.62. The summed E-state index contributed by atoms with van der Waals surface area (Å²) in [5.41, 5.74) is 0.525. The molecule has 0 radical (unpaired) electrons. The third-order valence-corrected chi connectivity index (χ3v) is 4.61. The Hall–Kier alpha value is -2.13. The topological polar surface area (TPSA) is 33.4 Å². The summed E-state index contributed by atoms with van der Waals surface area (Å²) >= 11 is 0.896. The maximum Gasteiger partial charge on any atom is 0.408 e. The maximum absolute atomic E-state index is 13.7. The van der Waals surface area contributed by atoms with Gasteiger partial charge in [-0.15, -0.1) is 0 Å². The van der Waals surface area contributed by atoms with Crippen molar-refractivity contribution in [1.29, 1.82) is 0 Å². The summed E-state index contributed by atoms with van der Waals surface area (Å²) < 4.78 is 56.7. The quantitative estimate of drug-likeness (QED) is 0.489. The van der Waals surface area contributed by atoms with E-state index in [4.69, 9.17) is 0 Å². The van der Waals surface area contributed by atoms with Gasteiger partial charge in [0.15, 0.2) is 5.65 Å². The van der Waals surface area contributed by atoms with Crippen molar-refractivity contribution < 1.29 is 17.6 Å². The lowest BCUT2D eigenvalue weighted by atomic mass is 10.1. The van der Waals surface area contributed by atoms with Crippen molar-refractivity contribution in [2.75, 3.05) is 6.54 Å². The monoisotopic (exact) mass is 370 g/mol. The summed E-state index contributed by atoms with van der Waals surface area (Å²) in [6.45, 7) is 1.75. The summed E-state index contributed by atoms with van der Waals surface area (Å²) in [6.07, 6.45) is -1.26. The standard InChI is InChI=1S/C16H14F4N4S/c1-2-24(25-14-10-13-21-8-3-9-23(13)22-14)15(16(18,19)20)11-4-6-12(17)7-5-11/h3-10,15H,2H2,1H3. The van der Waals surface area contributed by atoms with E-state index in [9.17, 15) is 17.6 Å². The molecule has 3 rings (SSSR count). The lowest BCUT2D eigenvalue weighted by Gasteiger charge is -2.30. The van der Waals surface area contributed by atoms with Crippen LogP contribution in [-0.2, 0) is 0 Å². The van der Waals surface area contributed by atoms with Crippen LogP contribution >= 0.6 is 11.9 Å². The molecule has 9 heteroatoms. The van der Waals surface area contributed by atoms with Crippen LogP contribution in [0.3, 0.4) is 0 Å². The van der Waals surface area contributed by atoms with Crippen LogP contribution in [0.4, 0.5) is 17.6 Å². The number of halogens is 4. The fraction of sp³-hybridized carbons (Fsp3) is 0.250. The van der Waals surface area contributed by atoms with Gasteiger partial charge in [-0.05, 0) is 35.7 Å². The lowest BCUT2D eigenvalue weighted by molar-refractivity contribution is -0.172. The van der Waals surface area contributed by atoms with E-state index in [0.29, 0.717) is 10.7 Å². The fourth-order valence-corrected chi connectivity index (χ4v) is 3.44. The fourth-order valence-electron chi connectivity index (χ4n) is 2.44. The molecule has 0 amide bonds. The maximum atomic E-state index is 13.7. The van der Waals surface area contributed by atoms with Crippen LogP contribution in [0.1, 0.15) is 18.5 Å². The highest BCUT2D eigenvalue weighted by atomic mass is 32.2. The van der Waals surface area contributed by atoms with Crippen molar-refractivity contribution in [2.24, 2.45) is 0 Å². The minimum absolute atomic E-state index is 0.0230. The molecule has 0 saturated heterocycles. The summed E-state index contributed by atoms with van der Waals surface area (Å²) in [6, 6.07) is 5.79. The number of aromatic nitrogens is 3. The number of benzene rings is 1. The van der Waals surface area contributed by atoms with Crippen molar-refractivity contribution in [3.63, 3.8) is 0 Å². The van der Waals surface area contributed by atoms with Crippen LogP contribution in [0, 0.1) is 5.82 Å². The number of fused-ring (bicyclic) bond motifs is 1. The van der Waals surface area contributed by atoms with Gasteiger partial charge in [-0.25, -0.2) is 18.2 Å². The molecule has 3 aromatic rings. The molecule has 25 heavy (non-hydrogen) atoms. The van der Waals surface area contributed by atoms with Crippen LogP contribution < -0.4 is 0 Å². The minimum Gasteiger partial charge on any atom is -0.237 e. The third kappa shape index (κ3) is 3.93. The zero-order chi connectivity index (χ0) is 18.0. The molecular formula is C16H14F4N4S. The highest BCUT2D eigenvalue weighted by Crippen LogP contribution is 2.42. The number of hydrogen-bond donors (Lipinski definition) is 0. The molecule has 0 fully saturated rings. The molecule has 0 aliphatic carbocycles. The van der Waals surface area contributed by atoms with Gasteiger partial charge in [0, 0.05) is 25.0 Å². The Morgan fingerprint density at radius 3 is 2.56 bits per heavy atom. The van der Waals surface area contributed by atoms with Crippen molar-refractivity contribution in [3.8, 4) is 0 Å². The van der Waals surface area contributed by atoms with Gasteiger partial charge in [0.1, 0.15) is 16.9 Å². The van der Waals surface area contributed by atoms with Crippen LogP contribution in [0.5, 0.6) is 0 Å². The predicted octanol–water partition coefficient (Wildman–Crippen LogP) is 4.50. The Bertz CT molecular complexity index is 814. The van der Waals surface area contributed by atoms with Gasteiger partial charge >= 0.3 is 6.18 Å². The van der Waals surface area contributed by atoms with Gasteiger partial charge in [-0.1, -0.05) is 19.1 Å². The number of hydrogen-bond acceptors (Lipinski definition) is 4. The lowest BCUT2D eigenvalue weighted by Crippen LogP contribution is -2.34. The van der Waals surface area contributed by atoms with E-state index < -0.39 is 18.0 Å². The molecule has 0 aliphatic heterocycles. The van der Waals surface area contributed by atoms with E-state index >= 15 is 0 Å². The molecule has 132 valence electrons. The van der Waals surface area contributed by atoms with E-state index in [0.717, 1.165) is 36.2 Å². The smallest absolute Gasteiger partial charge is 0.237 e. The normalized spacial score (nSPS) is 13.5. The molecule has 2 heterocycles. The zero-order valence-corrected chi connectivity index (χ0v) is 13.9. The van der Waals surface area contributed by atoms with Gasteiger partial charge in [0.2, 0.25) is 0 Å². The molecule has 4 nitrogen and oxygen atoms in total. The molecule has 0 aliphatic rings. The Morgan fingerprint density at radius 1 is 1.24 bits per heavy atom. The average molecular weight is 370 g/mol. The van der Waals surface area contributed by atoms with Gasteiger partial charge in [-0.3, -0.25) is 0 Å². The Labute approximate surface area is 145 Å². The second-order valence-electron chi connectivity index (χ2n) is 5.23. The first-order chi connectivity index (χ1) is 11.9. The Balaban J connectivity index is 1.93. The second kappa shape index (κ2) is 7.01. The van der Waals surface area contributed by atoms with E-state index in [1.54, 1.807) is 31.5 Å². The predicted molar refractivity (Wildman–Crippen MR) is 86.4 cm³/mol. The van der Waals surface area contributed by atoms with Gasteiger partial charge in [0.05, 0.1) is 0 Å².